The van der Waals surface area contributed by atoms with E-state index in [0.29, 0.717) is 0 Å². The summed E-state index contributed by atoms with van der Waals surface area (Å²) in [6, 6.07) is 0. The Labute approximate surface area is 98.6 Å². The molecular formula is C9H14AgO4. The number of hydrogen-bond donors (Lipinski definition) is 1. The van der Waals surface area contributed by atoms with Gasteiger partial charge in [-0.25, -0.2) is 0 Å². The smallest absolute Gasteiger partial charge is 0.321 e. The maximum atomic E-state index is 11.4. The third-order valence-corrected chi connectivity index (χ3v) is 1.65. The van der Waals surface area contributed by atoms with Gasteiger partial charge in [-0.1, -0.05) is 20.8 Å². The van der Waals surface area contributed by atoms with E-state index in [4.69, 9.17) is 5.11 Å². The molecule has 4 nitrogen and oxygen atoms in total. The van der Waals surface area contributed by atoms with Crippen LogP contribution in [0.25, 0.3) is 0 Å². The predicted molar refractivity (Wildman–Crippen MR) is 46.3 cm³/mol. The summed E-state index contributed by atoms with van der Waals surface area (Å²) in [7, 11) is 0. The number of carbonyl (C=O) groups is 3. The Hall–Kier alpha value is -0.450. The molecule has 1 radical (unpaired) electrons. The van der Waals surface area contributed by atoms with E-state index in [-0.39, 0.29) is 22.4 Å². The van der Waals surface area contributed by atoms with Crippen molar-refractivity contribution in [2.45, 2.75) is 27.7 Å². The first-order valence-corrected chi connectivity index (χ1v) is 3.95. The second-order valence-electron chi connectivity index (χ2n) is 4.00. The second-order valence-corrected chi connectivity index (χ2v) is 4.00. The van der Waals surface area contributed by atoms with Gasteiger partial charge in [-0.2, -0.15) is 0 Å². The Morgan fingerprint density at radius 2 is 1.50 bits per heavy atom. The van der Waals surface area contributed by atoms with Crippen LogP contribution >= 0.6 is 0 Å². The Kier molecular flexibility index (Phi) is 6.21. The zero-order chi connectivity index (χ0) is 10.8. The maximum absolute atomic E-state index is 11.4. The first kappa shape index (κ1) is 16.0. The van der Waals surface area contributed by atoms with Crippen molar-refractivity contribution < 1.29 is 41.9 Å². The van der Waals surface area contributed by atoms with Gasteiger partial charge in [0.25, 0.3) is 0 Å². The zero-order valence-corrected chi connectivity index (χ0v) is 10.0. The minimum Gasteiger partial charge on any atom is -0.480 e. The third-order valence-electron chi connectivity index (χ3n) is 1.65. The van der Waals surface area contributed by atoms with E-state index in [9.17, 15) is 14.4 Å². The van der Waals surface area contributed by atoms with Gasteiger partial charge in [-0.15, -0.1) is 0 Å². The summed E-state index contributed by atoms with van der Waals surface area (Å²) >= 11 is 0. The normalized spacial score (nSPS) is 12.6. The van der Waals surface area contributed by atoms with E-state index in [2.05, 4.69) is 0 Å². The van der Waals surface area contributed by atoms with E-state index in [1.807, 2.05) is 0 Å². The van der Waals surface area contributed by atoms with Crippen molar-refractivity contribution in [3.63, 3.8) is 0 Å². The molecule has 0 amide bonds. The Bertz CT molecular complexity index is 238. The van der Waals surface area contributed by atoms with Gasteiger partial charge < -0.3 is 5.11 Å². The molecule has 1 atom stereocenters. The molecule has 14 heavy (non-hydrogen) atoms. The van der Waals surface area contributed by atoms with Crippen LogP contribution in [-0.4, -0.2) is 22.6 Å². The Morgan fingerprint density at radius 1 is 1.14 bits per heavy atom. The van der Waals surface area contributed by atoms with Crippen LogP contribution in [0.15, 0.2) is 0 Å². The fraction of sp³-hybridized carbons (Fsp3) is 0.667. The summed E-state index contributed by atoms with van der Waals surface area (Å²) in [5.74, 6) is -4.05. The molecule has 85 valence electrons. The first-order valence-electron chi connectivity index (χ1n) is 3.95. The predicted octanol–water partition coefficient (Wildman–Crippen LogP) is 0.889. The van der Waals surface area contributed by atoms with Crippen molar-refractivity contribution in [3.8, 4) is 0 Å². The average molecular weight is 294 g/mol. The van der Waals surface area contributed by atoms with Gasteiger partial charge in [-0.05, 0) is 6.92 Å². The van der Waals surface area contributed by atoms with Gasteiger partial charge in [0.05, 0.1) is 0 Å². The maximum Gasteiger partial charge on any atom is 0.321 e. The summed E-state index contributed by atoms with van der Waals surface area (Å²) in [6.45, 7) is 5.89. The standard InChI is InChI=1S/C9H14O4.Ag/c1-5(10)6(8(12)13)7(11)9(2,3)4;/h6H,1-4H3,(H,12,13);. The third kappa shape index (κ3) is 4.17. The van der Waals surface area contributed by atoms with Gasteiger partial charge in [0, 0.05) is 27.8 Å². The molecule has 0 spiro atoms. The van der Waals surface area contributed by atoms with Gasteiger partial charge in [0.1, 0.15) is 0 Å². The number of carboxylic acids is 1. The first-order chi connectivity index (χ1) is 5.68. The molecule has 0 aliphatic carbocycles. The van der Waals surface area contributed by atoms with E-state index >= 15 is 0 Å². The van der Waals surface area contributed by atoms with Crippen molar-refractivity contribution >= 4 is 17.5 Å². The second kappa shape index (κ2) is 5.44. The van der Waals surface area contributed by atoms with Crippen LogP contribution in [0.1, 0.15) is 27.7 Å². The van der Waals surface area contributed by atoms with E-state index < -0.39 is 28.9 Å². The van der Waals surface area contributed by atoms with E-state index in [1.165, 1.54) is 0 Å². The summed E-state index contributed by atoms with van der Waals surface area (Å²) in [4.78, 5) is 32.9. The van der Waals surface area contributed by atoms with Crippen molar-refractivity contribution in [2.75, 3.05) is 0 Å². The van der Waals surface area contributed by atoms with Crippen molar-refractivity contribution in [1.82, 2.24) is 0 Å². The molecule has 0 aliphatic rings. The molecule has 0 aromatic carbocycles. The van der Waals surface area contributed by atoms with Gasteiger partial charge in [-0.3, -0.25) is 14.4 Å². The molecule has 0 aliphatic heterocycles. The number of Topliss-reactive ketones (excluding diaryl/α,β-unsaturated/α-hetero) is 2. The van der Waals surface area contributed by atoms with Crippen LogP contribution in [0.2, 0.25) is 0 Å². The topological polar surface area (TPSA) is 71.4 Å². The van der Waals surface area contributed by atoms with E-state index in [0.717, 1.165) is 6.92 Å². The van der Waals surface area contributed by atoms with Crippen molar-refractivity contribution in [3.05, 3.63) is 0 Å². The number of carbonyl (C=O) groups excluding carboxylic acids is 2. The fourth-order valence-electron chi connectivity index (χ4n) is 0.904. The summed E-state index contributed by atoms with van der Waals surface area (Å²) in [5, 5.41) is 8.64. The van der Waals surface area contributed by atoms with Crippen LogP contribution in [0.4, 0.5) is 0 Å². The quantitative estimate of drug-likeness (QED) is 0.620. The zero-order valence-electron chi connectivity index (χ0n) is 8.55. The molecule has 5 heteroatoms. The minimum absolute atomic E-state index is 0. The number of aliphatic carboxylic acids is 1. The SMILES string of the molecule is CC(=O)C(C(=O)O)C(=O)C(C)(C)C.[Ag]. The Balaban J connectivity index is 0. The molecule has 0 aromatic heterocycles. The number of rotatable bonds is 3. The minimum atomic E-state index is -1.51. The van der Waals surface area contributed by atoms with E-state index in [1.54, 1.807) is 20.8 Å². The van der Waals surface area contributed by atoms with Crippen LogP contribution in [0.3, 0.4) is 0 Å². The Morgan fingerprint density at radius 3 is 1.57 bits per heavy atom. The monoisotopic (exact) mass is 293 g/mol. The molecule has 0 heterocycles. The average Bonchev–Trinajstić information content (AvgIpc) is 1.82. The molecule has 1 unspecified atom stereocenters. The van der Waals surface area contributed by atoms with Crippen molar-refractivity contribution in [1.29, 1.82) is 0 Å². The van der Waals surface area contributed by atoms with Crippen molar-refractivity contribution in [2.24, 2.45) is 11.3 Å². The molecule has 0 rings (SSSR count). The fourth-order valence-corrected chi connectivity index (χ4v) is 0.904. The summed E-state index contributed by atoms with van der Waals surface area (Å²) in [5.41, 5.74) is -0.797. The number of carboxylic acid groups (broad SMARTS) is 1. The van der Waals surface area contributed by atoms with Crippen LogP contribution < -0.4 is 0 Å². The van der Waals surface area contributed by atoms with Gasteiger partial charge in [0.15, 0.2) is 17.5 Å². The van der Waals surface area contributed by atoms with Gasteiger partial charge >= 0.3 is 5.97 Å². The summed E-state index contributed by atoms with van der Waals surface area (Å²) < 4.78 is 0. The molecule has 0 saturated heterocycles. The molecule has 0 aromatic rings. The number of hydrogen-bond acceptors (Lipinski definition) is 3. The molecule has 1 N–H and O–H groups in total. The molecule has 0 saturated carbocycles. The number of ketones is 2. The molecule has 0 fully saturated rings. The van der Waals surface area contributed by atoms with Crippen LogP contribution in [0.5, 0.6) is 0 Å². The summed E-state index contributed by atoms with van der Waals surface area (Å²) in [6.07, 6.45) is 0. The largest absolute Gasteiger partial charge is 0.480 e. The van der Waals surface area contributed by atoms with Crippen LogP contribution in [0, 0.1) is 11.3 Å². The van der Waals surface area contributed by atoms with Crippen LogP contribution in [-0.2, 0) is 36.8 Å². The molecular weight excluding hydrogens is 280 g/mol. The molecule has 0 bridgehead atoms. The van der Waals surface area contributed by atoms with Gasteiger partial charge in [0.2, 0.25) is 0 Å².